The number of hydrogen-bond donors (Lipinski definition) is 1. The van der Waals surface area contributed by atoms with Gasteiger partial charge in [0, 0.05) is 12.0 Å². The van der Waals surface area contributed by atoms with Gasteiger partial charge < -0.3 is 4.52 Å². The van der Waals surface area contributed by atoms with Gasteiger partial charge in [0.2, 0.25) is 5.91 Å². The van der Waals surface area contributed by atoms with Gasteiger partial charge in [-0.05, 0) is 24.6 Å². The van der Waals surface area contributed by atoms with Gasteiger partial charge >= 0.3 is 0 Å². The standard InChI is InChI=1S/C19H18N2O4S/c1-3-17(22)21-26(23,24)16-11-7-10-15(12-16)18-13(2)25-20-19(18)14-8-5-4-6-9-14/h4-12H,3H2,1-2H3,(H,21,22). The van der Waals surface area contributed by atoms with Crippen molar-refractivity contribution in [2.75, 3.05) is 0 Å². The predicted molar refractivity (Wildman–Crippen MR) is 97.7 cm³/mol. The number of nitrogens with one attached hydrogen (secondary N) is 1. The quantitative estimate of drug-likeness (QED) is 0.742. The highest BCUT2D eigenvalue weighted by molar-refractivity contribution is 7.90. The second kappa shape index (κ2) is 7.13. The van der Waals surface area contributed by atoms with Crippen LogP contribution >= 0.6 is 0 Å². The monoisotopic (exact) mass is 370 g/mol. The van der Waals surface area contributed by atoms with Gasteiger partial charge in [-0.15, -0.1) is 0 Å². The molecule has 2 aromatic carbocycles. The summed E-state index contributed by atoms with van der Waals surface area (Å²) in [5.41, 5.74) is 2.87. The fourth-order valence-corrected chi connectivity index (χ4v) is 3.71. The molecule has 0 radical (unpaired) electrons. The van der Waals surface area contributed by atoms with Crippen LogP contribution < -0.4 is 4.72 Å². The minimum Gasteiger partial charge on any atom is -0.360 e. The highest BCUT2D eigenvalue weighted by atomic mass is 32.2. The third kappa shape index (κ3) is 3.52. The average molecular weight is 370 g/mol. The summed E-state index contributed by atoms with van der Waals surface area (Å²) < 4.78 is 32.2. The SMILES string of the molecule is CCC(=O)NS(=O)(=O)c1cccc(-c2c(-c3ccccc3)noc2C)c1. The van der Waals surface area contributed by atoms with E-state index in [2.05, 4.69) is 5.16 Å². The van der Waals surface area contributed by atoms with E-state index < -0.39 is 15.9 Å². The molecule has 3 rings (SSSR count). The summed E-state index contributed by atoms with van der Waals surface area (Å²) in [7, 11) is -3.93. The van der Waals surface area contributed by atoms with Crippen molar-refractivity contribution >= 4 is 15.9 Å². The lowest BCUT2D eigenvalue weighted by Crippen LogP contribution is -2.29. The summed E-state index contributed by atoms with van der Waals surface area (Å²) in [6, 6.07) is 15.9. The summed E-state index contributed by atoms with van der Waals surface area (Å²) in [6.45, 7) is 3.36. The molecular formula is C19H18N2O4S. The Morgan fingerprint density at radius 2 is 1.77 bits per heavy atom. The zero-order valence-corrected chi connectivity index (χ0v) is 15.2. The average Bonchev–Trinajstić information content (AvgIpc) is 3.03. The molecule has 26 heavy (non-hydrogen) atoms. The molecule has 6 nitrogen and oxygen atoms in total. The van der Waals surface area contributed by atoms with Crippen molar-refractivity contribution in [1.29, 1.82) is 0 Å². The van der Waals surface area contributed by atoms with Crippen molar-refractivity contribution in [1.82, 2.24) is 9.88 Å². The molecule has 0 saturated heterocycles. The van der Waals surface area contributed by atoms with Crippen molar-refractivity contribution in [2.45, 2.75) is 25.2 Å². The zero-order valence-electron chi connectivity index (χ0n) is 14.4. The van der Waals surface area contributed by atoms with Crippen molar-refractivity contribution < 1.29 is 17.7 Å². The van der Waals surface area contributed by atoms with Crippen molar-refractivity contribution in [3.8, 4) is 22.4 Å². The Kier molecular flexibility index (Phi) is 4.90. The first-order valence-corrected chi connectivity index (χ1v) is 9.58. The van der Waals surface area contributed by atoms with Crippen LogP contribution in [0.2, 0.25) is 0 Å². The molecule has 1 aromatic heterocycles. The Labute approximate surface area is 151 Å². The number of nitrogens with zero attached hydrogens (tertiary/aromatic N) is 1. The van der Waals surface area contributed by atoms with Crippen LogP contribution in [0.25, 0.3) is 22.4 Å². The fourth-order valence-electron chi connectivity index (χ4n) is 2.60. The van der Waals surface area contributed by atoms with Crippen molar-refractivity contribution in [2.24, 2.45) is 0 Å². The van der Waals surface area contributed by atoms with Gasteiger partial charge in [-0.3, -0.25) is 4.79 Å². The molecule has 1 N–H and O–H groups in total. The van der Waals surface area contributed by atoms with E-state index in [1.54, 1.807) is 26.0 Å². The maximum Gasteiger partial charge on any atom is 0.264 e. The number of aromatic nitrogens is 1. The van der Waals surface area contributed by atoms with Gasteiger partial charge in [-0.2, -0.15) is 0 Å². The molecule has 0 fully saturated rings. The summed E-state index contributed by atoms with van der Waals surface area (Å²) >= 11 is 0. The van der Waals surface area contributed by atoms with Gasteiger partial charge in [-0.25, -0.2) is 13.1 Å². The number of rotatable bonds is 5. The van der Waals surface area contributed by atoms with Crippen LogP contribution in [0.5, 0.6) is 0 Å². The van der Waals surface area contributed by atoms with E-state index in [1.165, 1.54) is 12.1 Å². The molecular weight excluding hydrogens is 352 g/mol. The fraction of sp³-hybridized carbons (Fsp3) is 0.158. The molecule has 134 valence electrons. The van der Waals surface area contributed by atoms with Crippen LogP contribution in [-0.4, -0.2) is 19.5 Å². The maximum atomic E-state index is 12.4. The lowest BCUT2D eigenvalue weighted by Gasteiger charge is -2.08. The van der Waals surface area contributed by atoms with Gasteiger partial charge in [0.1, 0.15) is 11.5 Å². The lowest BCUT2D eigenvalue weighted by atomic mass is 10.00. The van der Waals surface area contributed by atoms with Crippen molar-refractivity contribution in [3.05, 3.63) is 60.4 Å². The van der Waals surface area contributed by atoms with Crippen LogP contribution in [0.1, 0.15) is 19.1 Å². The third-order valence-electron chi connectivity index (χ3n) is 3.91. The number of aryl methyl sites for hydroxylation is 1. The first-order chi connectivity index (χ1) is 12.4. The Morgan fingerprint density at radius 3 is 2.46 bits per heavy atom. The summed E-state index contributed by atoms with van der Waals surface area (Å²) in [5, 5.41) is 4.12. The number of sulfonamides is 1. The van der Waals surface area contributed by atoms with Crippen LogP contribution in [-0.2, 0) is 14.8 Å². The first kappa shape index (κ1) is 17.9. The molecule has 0 bridgehead atoms. The summed E-state index contributed by atoms with van der Waals surface area (Å²) in [5.74, 6) is 0.0255. The molecule has 0 aliphatic heterocycles. The van der Waals surface area contributed by atoms with Crippen molar-refractivity contribution in [3.63, 3.8) is 0 Å². The second-order valence-electron chi connectivity index (χ2n) is 5.74. The van der Waals surface area contributed by atoms with Gasteiger partial charge in [-0.1, -0.05) is 54.5 Å². The van der Waals surface area contributed by atoms with Gasteiger partial charge in [0.25, 0.3) is 10.0 Å². The van der Waals surface area contributed by atoms with Gasteiger partial charge in [0.05, 0.1) is 10.5 Å². The van der Waals surface area contributed by atoms with E-state index in [9.17, 15) is 13.2 Å². The van der Waals surface area contributed by atoms with E-state index >= 15 is 0 Å². The molecule has 1 amide bonds. The number of amides is 1. The van der Waals surface area contributed by atoms with E-state index in [0.29, 0.717) is 17.0 Å². The summed E-state index contributed by atoms with van der Waals surface area (Å²) in [6.07, 6.45) is 0.0852. The Hall–Kier alpha value is -2.93. The van der Waals surface area contributed by atoms with Crippen LogP contribution in [0.15, 0.2) is 64.0 Å². The van der Waals surface area contributed by atoms with Crippen LogP contribution in [0.3, 0.4) is 0 Å². The second-order valence-corrected chi connectivity index (χ2v) is 7.42. The number of hydrogen-bond acceptors (Lipinski definition) is 5. The van der Waals surface area contributed by atoms with Crippen LogP contribution in [0, 0.1) is 6.92 Å². The molecule has 1 heterocycles. The molecule has 0 aliphatic rings. The highest BCUT2D eigenvalue weighted by Crippen LogP contribution is 2.34. The number of carbonyl (C=O) groups excluding carboxylic acids is 1. The topological polar surface area (TPSA) is 89.3 Å². The Balaban J connectivity index is 2.08. The molecule has 0 aliphatic carbocycles. The Morgan fingerprint density at radius 1 is 1.08 bits per heavy atom. The van der Waals surface area contributed by atoms with E-state index in [4.69, 9.17) is 4.52 Å². The van der Waals surface area contributed by atoms with Crippen LogP contribution in [0.4, 0.5) is 0 Å². The zero-order chi connectivity index (χ0) is 18.7. The number of carbonyl (C=O) groups is 1. The normalized spacial score (nSPS) is 11.3. The molecule has 0 saturated carbocycles. The molecule has 0 atom stereocenters. The van der Waals surface area contributed by atoms with Gasteiger partial charge in [0.15, 0.2) is 0 Å². The largest absolute Gasteiger partial charge is 0.360 e. The van der Waals surface area contributed by atoms with E-state index in [0.717, 1.165) is 11.1 Å². The van der Waals surface area contributed by atoms with E-state index in [-0.39, 0.29) is 11.3 Å². The Bertz CT molecular complexity index is 1040. The first-order valence-electron chi connectivity index (χ1n) is 8.10. The number of benzene rings is 2. The summed E-state index contributed by atoms with van der Waals surface area (Å²) in [4.78, 5) is 11.5. The molecule has 0 unspecified atom stereocenters. The third-order valence-corrected chi connectivity index (χ3v) is 5.28. The minimum absolute atomic E-state index is 0.0106. The van der Waals surface area contributed by atoms with E-state index in [1.807, 2.05) is 35.1 Å². The smallest absolute Gasteiger partial charge is 0.264 e. The molecule has 0 spiro atoms. The predicted octanol–water partition coefficient (Wildman–Crippen LogP) is 3.53. The molecule has 7 heteroatoms. The minimum atomic E-state index is -3.93. The molecule has 3 aromatic rings. The highest BCUT2D eigenvalue weighted by Gasteiger charge is 2.21. The maximum absolute atomic E-state index is 12.4. The lowest BCUT2D eigenvalue weighted by molar-refractivity contribution is -0.119.